The molecule has 2 amide bonds. The second-order valence-electron chi connectivity index (χ2n) is 3.72. The number of carbonyl (C=O) groups is 2. The highest BCUT2D eigenvalue weighted by Gasteiger charge is 2.14. The summed E-state index contributed by atoms with van der Waals surface area (Å²) in [7, 11) is 0. The highest BCUT2D eigenvalue weighted by atomic mass is 16.4. The van der Waals surface area contributed by atoms with E-state index in [0.29, 0.717) is 0 Å². The Kier molecular flexibility index (Phi) is 6.49. The van der Waals surface area contributed by atoms with Crippen LogP contribution in [0.3, 0.4) is 0 Å². The molecule has 0 heterocycles. The Bertz CT molecular complexity index is 219. The van der Waals surface area contributed by atoms with Gasteiger partial charge in [-0.1, -0.05) is 19.8 Å². The number of unbranched alkanes of at least 4 members (excludes halogenated alkanes) is 1. The van der Waals surface area contributed by atoms with Crippen molar-refractivity contribution in [2.24, 2.45) is 0 Å². The normalized spacial score (nSPS) is 14.1. The molecule has 0 saturated heterocycles. The van der Waals surface area contributed by atoms with Gasteiger partial charge < -0.3 is 15.7 Å². The largest absolute Gasteiger partial charge is 0.480 e. The Labute approximate surface area is 90.2 Å². The van der Waals surface area contributed by atoms with Crippen molar-refractivity contribution in [2.75, 3.05) is 0 Å². The van der Waals surface area contributed by atoms with Gasteiger partial charge in [0, 0.05) is 6.04 Å². The molecule has 5 nitrogen and oxygen atoms in total. The van der Waals surface area contributed by atoms with Crippen molar-refractivity contribution in [1.29, 1.82) is 0 Å². The summed E-state index contributed by atoms with van der Waals surface area (Å²) in [5, 5.41) is 13.6. The lowest BCUT2D eigenvalue weighted by molar-refractivity contribution is -0.138. The van der Waals surface area contributed by atoms with Crippen LogP contribution in [0.15, 0.2) is 0 Å². The number of rotatable bonds is 6. The second kappa shape index (κ2) is 7.09. The summed E-state index contributed by atoms with van der Waals surface area (Å²) in [4.78, 5) is 21.7. The van der Waals surface area contributed by atoms with Gasteiger partial charge in [-0.3, -0.25) is 4.79 Å². The summed E-state index contributed by atoms with van der Waals surface area (Å²) in [5.74, 6) is -1.04. The molecule has 5 heteroatoms. The van der Waals surface area contributed by atoms with Crippen LogP contribution in [0.5, 0.6) is 0 Å². The van der Waals surface area contributed by atoms with Gasteiger partial charge in [-0.2, -0.15) is 0 Å². The molecular formula is C10H20N2O3. The highest BCUT2D eigenvalue weighted by molar-refractivity contribution is 5.82. The zero-order valence-electron chi connectivity index (χ0n) is 9.54. The quantitative estimate of drug-likeness (QED) is 0.627. The molecule has 15 heavy (non-hydrogen) atoms. The van der Waals surface area contributed by atoms with Crippen LogP contribution < -0.4 is 10.6 Å². The number of hydrogen-bond donors (Lipinski definition) is 3. The minimum atomic E-state index is -1.04. The monoisotopic (exact) mass is 216 g/mol. The van der Waals surface area contributed by atoms with E-state index in [4.69, 9.17) is 5.11 Å². The highest BCUT2D eigenvalue weighted by Crippen LogP contribution is 1.99. The van der Waals surface area contributed by atoms with Crippen molar-refractivity contribution in [2.45, 2.75) is 52.1 Å². The third kappa shape index (κ3) is 6.76. The molecule has 0 rings (SSSR count). The molecule has 0 aliphatic heterocycles. The van der Waals surface area contributed by atoms with Crippen LogP contribution in [0.1, 0.15) is 40.0 Å². The molecule has 0 bridgehead atoms. The Morgan fingerprint density at radius 1 is 1.27 bits per heavy atom. The van der Waals surface area contributed by atoms with Gasteiger partial charge in [0.1, 0.15) is 6.04 Å². The molecule has 1 unspecified atom stereocenters. The third-order valence-electron chi connectivity index (χ3n) is 2.09. The lowest BCUT2D eigenvalue weighted by Crippen LogP contribution is -2.47. The molecule has 0 spiro atoms. The van der Waals surface area contributed by atoms with Gasteiger partial charge in [-0.05, 0) is 20.3 Å². The van der Waals surface area contributed by atoms with Crippen LogP contribution in [-0.4, -0.2) is 29.2 Å². The van der Waals surface area contributed by atoms with E-state index in [0.717, 1.165) is 19.3 Å². The van der Waals surface area contributed by atoms with E-state index >= 15 is 0 Å². The first-order valence-electron chi connectivity index (χ1n) is 5.27. The summed E-state index contributed by atoms with van der Waals surface area (Å²) in [5.41, 5.74) is 0. The lowest BCUT2D eigenvalue weighted by atomic mass is 10.1. The predicted octanol–water partition coefficient (Wildman–Crippen LogP) is 1.34. The van der Waals surface area contributed by atoms with Gasteiger partial charge >= 0.3 is 12.0 Å². The van der Waals surface area contributed by atoms with Crippen molar-refractivity contribution in [3.63, 3.8) is 0 Å². The van der Waals surface area contributed by atoms with Crippen molar-refractivity contribution in [3.05, 3.63) is 0 Å². The maximum absolute atomic E-state index is 11.2. The summed E-state index contributed by atoms with van der Waals surface area (Å²) < 4.78 is 0. The average molecular weight is 216 g/mol. The van der Waals surface area contributed by atoms with Crippen molar-refractivity contribution in [3.8, 4) is 0 Å². The molecule has 0 radical (unpaired) electrons. The number of amides is 2. The minimum Gasteiger partial charge on any atom is -0.480 e. The van der Waals surface area contributed by atoms with Crippen LogP contribution >= 0.6 is 0 Å². The molecule has 0 fully saturated rings. The number of hydrogen-bond acceptors (Lipinski definition) is 2. The fourth-order valence-corrected chi connectivity index (χ4v) is 1.11. The molecule has 2 atom stereocenters. The third-order valence-corrected chi connectivity index (χ3v) is 2.09. The number of nitrogens with one attached hydrogen (secondary N) is 2. The van der Waals surface area contributed by atoms with E-state index in [9.17, 15) is 9.59 Å². The van der Waals surface area contributed by atoms with E-state index in [2.05, 4.69) is 17.6 Å². The summed E-state index contributed by atoms with van der Waals surface area (Å²) in [6, 6.07) is -1.21. The topological polar surface area (TPSA) is 78.4 Å². The molecule has 0 aliphatic carbocycles. The van der Waals surface area contributed by atoms with Gasteiger partial charge in [-0.15, -0.1) is 0 Å². The second-order valence-corrected chi connectivity index (χ2v) is 3.72. The van der Waals surface area contributed by atoms with Crippen LogP contribution in [-0.2, 0) is 4.79 Å². The van der Waals surface area contributed by atoms with Crippen LogP contribution in [0, 0.1) is 0 Å². The first-order chi connectivity index (χ1) is 6.97. The fraction of sp³-hybridized carbons (Fsp3) is 0.800. The first kappa shape index (κ1) is 13.7. The Balaban J connectivity index is 3.77. The Morgan fingerprint density at radius 3 is 2.33 bits per heavy atom. The van der Waals surface area contributed by atoms with Crippen molar-refractivity contribution >= 4 is 12.0 Å². The number of carbonyl (C=O) groups excluding carboxylic acids is 1. The van der Waals surface area contributed by atoms with Crippen LogP contribution in [0.25, 0.3) is 0 Å². The number of carboxylic acids is 1. The predicted molar refractivity (Wildman–Crippen MR) is 57.8 cm³/mol. The van der Waals surface area contributed by atoms with Crippen molar-refractivity contribution in [1.82, 2.24) is 10.6 Å². The molecule has 0 aromatic heterocycles. The minimum absolute atomic E-state index is 0.0749. The lowest BCUT2D eigenvalue weighted by Gasteiger charge is -2.15. The number of aliphatic carboxylic acids is 1. The molecule has 3 N–H and O–H groups in total. The summed E-state index contributed by atoms with van der Waals surface area (Å²) in [6.45, 7) is 5.42. The SMILES string of the molecule is CCCCC(C)NC(=O)N[C@H](C)C(=O)O. The van der Waals surface area contributed by atoms with Crippen LogP contribution in [0.2, 0.25) is 0 Å². The zero-order chi connectivity index (χ0) is 11.8. The standard InChI is InChI=1S/C10H20N2O3/c1-4-5-6-7(2)11-10(15)12-8(3)9(13)14/h7-8H,4-6H2,1-3H3,(H,13,14)(H2,11,12,15)/t7?,8-/m1/s1. The van der Waals surface area contributed by atoms with Crippen LogP contribution in [0.4, 0.5) is 4.79 Å². The molecule has 0 aromatic rings. The van der Waals surface area contributed by atoms with Gasteiger partial charge in [0.25, 0.3) is 0 Å². The first-order valence-corrected chi connectivity index (χ1v) is 5.27. The van der Waals surface area contributed by atoms with Gasteiger partial charge in [0.15, 0.2) is 0 Å². The smallest absolute Gasteiger partial charge is 0.325 e. The molecule has 0 aliphatic rings. The Hall–Kier alpha value is -1.26. The maximum Gasteiger partial charge on any atom is 0.325 e. The summed E-state index contributed by atoms with van der Waals surface area (Å²) in [6.07, 6.45) is 3.04. The Morgan fingerprint density at radius 2 is 1.87 bits per heavy atom. The molecular weight excluding hydrogens is 196 g/mol. The van der Waals surface area contributed by atoms with Gasteiger partial charge in [-0.25, -0.2) is 4.79 Å². The molecule has 88 valence electrons. The fourth-order valence-electron chi connectivity index (χ4n) is 1.11. The number of urea groups is 1. The van der Waals surface area contributed by atoms with Gasteiger partial charge in [0.05, 0.1) is 0 Å². The van der Waals surface area contributed by atoms with Gasteiger partial charge in [0.2, 0.25) is 0 Å². The van der Waals surface area contributed by atoms with E-state index in [1.54, 1.807) is 0 Å². The molecule has 0 aromatic carbocycles. The number of carboxylic acid groups (broad SMARTS) is 1. The maximum atomic E-state index is 11.2. The van der Waals surface area contributed by atoms with E-state index in [-0.39, 0.29) is 6.04 Å². The van der Waals surface area contributed by atoms with Crippen molar-refractivity contribution < 1.29 is 14.7 Å². The summed E-state index contributed by atoms with van der Waals surface area (Å²) >= 11 is 0. The average Bonchev–Trinajstić information content (AvgIpc) is 2.14. The van der Waals surface area contributed by atoms with E-state index in [1.165, 1.54) is 6.92 Å². The van der Waals surface area contributed by atoms with E-state index < -0.39 is 18.0 Å². The van der Waals surface area contributed by atoms with E-state index in [1.807, 2.05) is 6.92 Å². The zero-order valence-corrected chi connectivity index (χ0v) is 9.54. The molecule has 0 saturated carbocycles.